The monoisotopic (exact) mass is 360 g/mol. The summed E-state index contributed by atoms with van der Waals surface area (Å²) in [5, 5.41) is 30.8. The lowest BCUT2D eigenvalue weighted by molar-refractivity contribution is -0.187. The van der Waals surface area contributed by atoms with Gasteiger partial charge in [-0.3, -0.25) is 4.79 Å². The molecule has 0 aliphatic heterocycles. The van der Waals surface area contributed by atoms with E-state index >= 15 is 0 Å². The number of aliphatic hydroxyl groups is 2. The van der Waals surface area contributed by atoms with Gasteiger partial charge in [-0.25, -0.2) is 4.79 Å². The minimum atomic E-state index is -1.70. The summed E-state index contributed by atoms with van der Waals surface area (Å²) in [7, 11) is 0. The molecule has 2 unspecified atom stereocenters. The summed E-state index contributed by atoms with van der Waals surface area (Å²) in [5.41, 5.74) is -1.96. The van der Waals surface area contributed by atoms with E-state index < -0.39 is 22.4 Å². The highest BCUT2D eigenvalue weighted by atomic mass is 16.4. The summed E-state index contributed by atoms with van der Waals surface area (Å²) in [6.07, 6.45) is 6.74. The first-order valence-corrected chi connectivity index (χ1v) is 9.68. The Kier molecular flexibility index (Phi) is 3.57. The number of allylic oxidation sites excluding steroid dienone is 3. The van der Waals surface area contributed by atoms with Crippen molar-refractivity contribution in [2.24, 2.45) is 34.5 Å². The number of carboxylic acid groups (broad SMARTS) is 1. The molecule has 0 spiro atoms. The van der Waals surface area contributed by atoms with Crippen LogP contribution in [0.25, 0.3) is 0 Å². The molecule has 0 amide bonds. The molecule has 3 N–H and O–H groups in total. The van der Waals surface area contributed by atoms with Crippen molar-refractivity contribution >= 4 is 11.8 Å². The van der Waals surface area contributed by atoms with E-state index in [2.05, 4.69) is 0 Å². The highest BCUT2D eigenvalue weighted by molar-refractivity contribution is 5.99. The minimum Gasteiger partial charge on any atom is -0.508 e. The van der Waals surface area contributed by atoms with Gasteiger partial charge in [0.2, 0.25) is 0 Å². The number of ketones is 1. The van der Waals surface area contributed by atoms with E-state index in [1.54, 1.807) is 6.08 Å². The molecule has 5 nitrogen and oxygen atoms in total. The van der Waals surface area contributed by atoms with Gasteiger partial charge in [-0.05, 0) is 68.8 Å². The van der Waals surface area contributed by atoms with Crippen molar-refractivity contribution in [1.82, 2.24) is 0 Å². The zero-order chi connectivity index (χ0) is 19.1. The molecule has 0 bridgehead atoms. The zero-order valence-corrected chi connectivity index (χ0v) is 15.7. The highest BCUT2D eigenvalue weighted by Crippen LogP contribution is 2.68. The number of carboxylic acids is 1. The van der Waals surface area contributed by atoms with Gasteiger partial charge in [0.05, 0.1) is 5.41 Å². The van der Waals surface area contributed by atoms with Crippen LogP contribution in [0.2, 0.25) is 0 Å². The number of carbonyl (C=O) groups excluding carboxylic acids is 1. The largest absolute Gasteiger partial charge is 0.508 e. The second kappa shape index (κ2) is 5.22. The number of aliphatic hydroxyl groups excluding tert-OH is 1. The Labute approximate surface area is 153 Å². The summed E-state index contributed by atoms with van der Waals surface area (Å²) >= 11 is 0. The summed E-state index contributed by atoms with van der Waals surface area (Å²) in [6.45, 7) is 5.77. The summed E-state index contributed by atoms with van der Waals surface area (Å²) in [6, 6.07) is 0. The lowest BCUT2D eigenvalue weighted by atomic mass is 9.46. The molecule has 4 rings (SSSR count). The van der Waals surface area contributed by atoms with Gasteiger partial charge in [-0.1, -0.05) is 19.4 Å². The third-order valence-corrected chi connectivity index (χ3v) is 8.61. The molecular weight excluding hydrogens is 332 g/mol. The number of carbonyl (C=O) groups is 2. The van der Waals surface area contributed by atoms with Gasteiger partial charge in [0, 0.05) is 11.5 Å². The molecule has 0 saturated heterocycles. The first kappa shape index (κ1) is 17.8. The number of hydrogen-bond acceptors (Lipinski definition) is 4. The van der Waals surface area contributed by atoms with E-state index in [0.717, 1.165) is 24.8 Å². The molecular formula is C21H28O5. The second-order valence-electron chi connectivity index (χ2n) is 9.39. The molecule has 7 atom stereocenters. The van der Waals surface area contributed by atoms with Gasteiger partial charge >= 0.3 is 5.97 Å². The van der Waals surface area contributed by atoms with Gasteiger partial charge < -0.3 is 15.3 Å². The number of aliphatic carboxylic acids is 1. The first-order chi connectivity index (χ1) is 12.1. The van der Waals surface area contributed by atoms with Crippen LogP contribution in [0.3, 0.4) is 0 Å². The lowest BCUT2D eigenvalue weighted by Crippen LogP contribution is -2.59. The Morgan fingerprint density at radius 1 is 1.19 bits per heavy atom. The number of rotatable bonds is 1. The topological polar surface area (TPSA) is 94.8 Å². The van der Waals surface area contributed by atoms with Crippen molar-refractivity contribution in [2.45, 2.75) is 58.5 Å². The maximum absolute atomic E-state index is 12.9. The summed E-state index contributed by atoms with van der Waals surface area (Å²) in [5.74, 6) is -0.947. The molecule has 4 aliphatic carbocycles. The fraction of sp³-hybridized carbons (Fsp3) is 0.714. The standard InChI is InChI=1S/C21H28O5/c1-11-8-16-14-5-4-12-9-13(22)10-17(23)20(12,3)15(14)6-7-19(16,2)21(11,26)18(24)25/h9-11,14-16,22,26H,4-8H2,1-3H3,(H,24,25)/t11?,14-,15+,16+,19+,20+,21?/m1/s1. The van der Waals surface area contributed by atoms with Crippen LogP contribution < -0.4 is 0 Å². The van der Waals surface area contributed by atoms with Crippen LogP contribution >= 0.6 is 0 Å². The molecule has 3 fully saturated rings. The van der Waals surface area contributed by atoms with E-state index in [1.807, 2.05) is 20.8 Å². The van der Waals surface area contributed by atoms with Crippen molar-refractivity contribution in [3.8, 4) is 0 Å². The molecule has 0 aromatic heterocycles. The maximum atomic E-state index is 12.9. The van der Waals surface area contributed by atoms with Crippen molar-refractivity contribution < 1.29 is 24.9 Å². The Bertz CT molecular complexity index is 752. The van der Waals surface area contributed by atoms with E-state index in [4.69, 9.17) is 0 Å². The molecule has 3 saturated carbocycles. The van der Waals surface area contributed by atoms with E-state index in [9.17, 15) is 24.9 Å². The van der Waals surface area contributed by atoms with Gasteiger partial charge in [0.15, 0.2) is 11.4 Å². The van der Waals surface area contributed by atoms with Gasteiger partial charge in [-0.2, -0.15) is 0 Å². The van der Waals surface area contributed by atoms with Crippen LogP contribution in [0.1, 0.15) is 52.9 Å². The van der Waals surface area contributed by atoms with E-state index in [0.29, 0.717) is 12.8 Å². The predicted molar refractivity (Wildman–Crippen MR) is 95.3 cm³/mol. The highest BCUT2D eigenvalue weighted by Gasteiger charge is 2.69. The average Bonchev–Trinajstić information content (AvgIpc) is 2.78. The molecule has 142 valence electrons. The molecule has 5 heteroatoms. The Morgan fingerprint density at radius 3 is 2.54 bits per heavy atom. The molecule has 0 aromatic carbocycles. The second-order valence-corrected chi connectivity index (χ2v) is 9.39. The molecule has 0 aromatic rings. The van der Waals surface area contributed by atoms with Crippen LogP contribution in [-0.2, 0) is 9.59 Å². The summed E-state index contributed by atoms with van der Waals surface area (Å²) < 4.78 is 0. The Morgan fingerprint density at radius 2 is 1.88 bits per heavy atom. The van der Waals surface area contributed by atoms with Crippen LogP contribution in [0, 0.1) is 34.5 Å². The zero-order valence-electron chi connectivity index (χ0n) is 15.7. The fourth-order valence-electron chi connectivity index (χ4n) is 7.09. The smallest absolute Gasteiger partial charge is 0.336 e. The maximum Gasteiger partial charge on any atom is 0.336 e. The Balaban J connectivity index is 1.75. The first-order valence-electron chi connectivity index (χ1n) is 9.68. The van der Waals surface area contributed by atoms with Crippen molar-refractivity contribution in [2.75, 3.05) is 0 Å². The van der Waals surface area contributed by atoms with Crippen molar-refractivity contribution in [3.63, 3.8) is 0 Å². The molecule has 4 aliphatic rings. The molecule has 0 radical (unpaired) electrons. The number of hydrogen-bond donors (Lipinski definition) is 3. The van der Waals surface area contributed by atoms with E-state index in [-0.39, 0.29) is 35.2 Å². The van der Waals surface area contributed by atoms with Crippen LogP contribution in [-0.4, -0.2) is 32.7 Å². The van der Waals surface area contributed by atoms with Gasteiger partial charge in [0.1, 0.15) is 5.76 Å². The number of fused-ring (bicyclic) bond motifs is 5. The lowest BCUT2D eigenvalue weighted by Gasteiger charge is -2.57. The fourth-order valence-corrected chi connectivity index (χ4v) is 7.09. The average molecular weight is 360 g/mol. The Hall–Kier alpha value is -1.62. The SMILES string of the molecule is CC1C[C@H]2[C@@H]3CCC4=CC(O)=CC(=O)[C@]4(C)[C@H]3CC[C@]2(C)C1(O)C(=O)O. The van der Waals surface area contributed by atoms with Crippen molar-refractivity contribution in [1.29, 1.82) is 0 Å². The quantitative estimate of drug-likeness (QED) is 0.667. The van der Waals surface area contributed by atoms with Crippen LogP contribution in [0.4, 0.5) is 0 Å². The molecule has 26 heavy (non-hydrogen) atoms. The molecule has 0 heterocycles. The minimum absolute atomic E-state index is 0.0367. The van der Waals surface area contributed by atoms with E-state index in [1.165, 1.54) is 6.08 Å². The van der Waals surface area contributed by atoms with Gasteiger partial charge in [0.25, 0.3) is 0 Å². The summed E-state index contributed by atoms with van der Waals surface area (Å²) in [4.78, 5) is 24.9. The van der Waals surface area contributed by atoms with Crippen molar-refractivity contribution in [3.05, 3.63) is 23.5 Å². The third kappa shape index (κ3) is 1.85. The van der Waals surface area contributed by atoms with Crippen LogP contribution in [0.5, 0.6) is 0 Å². The van der Waals surface area contributed by atoms with Gasteiger partial charge in [-0.15, -0.1) is 0 Å². The third-order valence-electron chi connectivity index (χ3n) is 8.61. The normalized spacial score (nSPS) is 50.2. The predicted octanol–water partition coefficient (Wildman–Crippen LogP) is 3.24. The van der Waals surface area contributed by atoms with Crippen LogP contribution in [0.15, 0.2) is 23.5 Å².